The van der Waals surface area contributed by atoms with Crippen molar-refractivity contribution in [3.63, 3.8) is 0 Å². The zero-order valence-corrected chi connectivity index (χ0v) is 17.6. The van der Waals surface area contributed by atoms with Crippen molar-refractivity contribution >= 4 is 35.4 Å². The lowest BCUT2D eigenvalue weighted by molar-refractivity contribution is 0.101. The minimum absolute atomic E-state index is 0.207. The van der Waals surface area contributed by atoms with Crippen LogP contribution in [-0.4, -0.2) is 24.6 Å². The monoisotopic (exact) mass is 385 g/mol. The Hall–Kier alpha value is -1.26. The molecule has 2 aliphatic rings. The van der Waals surface area contributed by atoms with Gasteiger partial charge in [0.25, 0.3) is 0 Å². The molecule has 0 bridgehead atoms. The summed E-state index contributed by atoms with van der Waals surface area (Å²) in [5.41, 5.74) is 5.04. The van der Waals surface area contributed by atoms with Crippen molar-refractivity contribution in [1.29, 1.82) is 0 Å². The van der Waals surface area contributed by atoms with Crippen LogP contribution >= 0.6 is 24.0 Å². The number of carbonyl (C=O) groups is 1. The average Bonchev–Trinajstić information content (AvgIpc) is 2.92. The SMILES string of the molecule is CC(=O)c1c(-c2ccc(N3CC(CS)C3)cc2)sc2c1CC(C)(C)CC2. The predicted molar refractivity (Wildman–Crippen MR) is 115 cm³/mol. The number of anilines is 1. The first-order valence-electron chi connectivity index (χ1n) is 9.49. The zero-order chi connectivity index (χ0) is 18.5. The predicted octanol–water partition coefficient (Wildman–Crippen LogP) is 5.50. The van der Waals surface area contributed by atoms with E-state index in [1.807, 2.05) is 11.3 Å². The Balaban J connectivity index is 1.66. The normalized spacial score (nSPS) is 19.2. The molecular formula is C22H27NOS2. The molecule has 1 aromatic carbocycles. The van der Waals surface area contributed by atoms with Crippen LogP contribution in [0.3, 0.4) is 0 Å². The van der Waals surface area contributed by atoms with E-state index in [1.165, 1.54) is 33.0 Å². The molecule has 26 heavy (non-hydrogen) atoms. The minimum Gasteiger partial charge on any atom is -0.371 e. The number of hydrogen-bond acceptors (Lipinski definition) is 4. The number of rotatable bonds is 4. The lowest BCUT2D eigenvalue weighted by atomic mass is 9.75. The Morgan fingerprint density at radius 2 is 1.96 bits per heavy atom. The molecule has 1 fully saturated rings. The van der Waals surface area contributed by atoms with E-state index in [0.29, 0.717) is 5.41 Å². The van der Waals surface area contributed by atoms with Crippen LogP contribution in [0, 0.1) is 11.3 Å². The number of ketones is 1. The van der Waals surface area contributed by atoms with Crippen LogP contribution in [0.5, 0.6) is 0 Å². The van der Waals surface area contributed by atoms with Crippen LogP contribution in [0.1, 0.15) is 48.0 Å². The lowest BCUT2D eigenvalue weighted by Crippen LogP contribution is -2.47. The van der Waals surface area contributed by atoms with Gasteiger partial charge in [-0.3, -0.25) is 4.79 Å². The molecule has 2 nitrogen and oxygen atoms in total. The van der Waals surface area contributed by atoms with Crippen molar-refractivity contribution in [2.75, 3.05) is 23.7 Å². The molecule has 0 N–H and O–H groups in total. The molecule has 0 radical (unpaired) electrons. The van der Waals surface area contributed by atoms with Gasteiger partial charge in [-0.15, -0.1) is 11.3 Å². The van der Waals surface area contributed by atoms with Gasteiger partial charge >= 0.3 is 0 Å². The Morgan fingerprint density at radius 1 is 1.27 bits per heavy atom. The Kier molecular flexibility index (Phi) is 4.68. The average molecular weight is 386 g/mol. The third-order valence-electron chi connectivity index (χ3n) is 5.84. The summed E-state index contributed by atoms with van der Waals surface area (Å²) >= 11 is 6.22. The highest BCUT2D eigenvalue weighted by Gasteiger charge is 2.32. The van der Waals surface area contributed by atoms with Crippen LogP contribution in [0.2, 0.25) is 0 Å². The highest BCUT2D eigenvalue weighted by molar-refractivity contribution is 7.80. The summed E-state index contributed by atoms with van der Waals surface area (Å²) in [4.78, 5) is 17.5. The number of thiol groups is 1. The van der Waals surface area contributed by atoms with E-state index < -0.39 is 0 Å². The maximum Gasteiger partial charge on any atom is 0.161 e. The third kappa shape index (κ3) is 3.22. The first kappa shape index (κ1) is 18.1. The summed E-state index contributed by atoms with van der Waals surface area (Å²) in [5.74, 6) is 1.89. The Morgan fingerprint density at radius 3 is 2.58 bits per heavy atom. The molecule has 1 aliphatic carbocycles. The second kappa shape index (κ2) is 6.72. The maximum atomic E-state index is 12.5. The van der Waals surface area contributed by atoms with Gasteiger partial charge in [-0.25, -0.2) is 0 Å². The van der Waals surface area contributed by atoms with Gasteiger partial charge in [0.1, 0.15) is 0 Å². The Bertz CT molecular complexity index is 829. The largest absolute Gasteiger partial charge is 0.371 e. The fraction of sp³-hybridized carbons (Fsp3) is 0.500. The Labute approximate surface area is 166 Å². The molecule has 0 saturated carbocycles. The van der Waals surface area contributed by atoms with Gasteiger partial charge in [-0.05, 0) is 60.6 Å². The summed E-state index contributed by atoms with van der Waals surface area (Å²) in [5, 5.41) is 0. The number of benzene rings is 1. The van der Waals surface area contributed by atoms with E-state index in [0.717, 1.165) is 43.2 Å². The summed E-state index contributed by atoms with van der Waals surface area (Å²) < 4.78 is 0. The van der Waals surface area contributed by atoms with Crippen molar-refractivity contribution < 1.29 is 4.79 Å². The van der Waals surface area contributed by atoms with Gasteiger partial charge < -0.3 is 4.90 Å². The van der Waals surface area contributed by atoms with Gasteiger partial charge in [-0.2, -0.15) is 12.6 Å². The molecule has 1 aromatic heterocycles. The zero-order valence-electron chi connectivity index (χ0n) is 15.8. The fourth-order valence-corrected chi connectivity index (χ4v) is 5.82. The van der Waals surface area contributed by atoms with Crippen molar-refractivity contribution in [2.45, 2.75) is 40.0 Å². The van der Waals surface area contributed by atoms with E-state index in [9.17, 15) is 4.79 Å². The van der Waals surface area contributed by atoms with Crippen LogP contribution in [-0.2, 0) is 12.8 Å². The van der Waals surface area contributed by atoms with Crippen LogP contribution < -0.4 is 4.90 Å². The first-order valence-corrected chi connectivity index (χ1v) is 10.9. The second-order valence-corrected chi connectivity index (χ2v) is 10.1. The molecule has 4 rings (SSSR count). The number of Topliss-reactive ketones (excluding diaryl/α,β-unsaturated/α-hetero) is 1. The van der Waals surface area contributed by atoms with Crippen LogP contribution in [0.4, 0.5) is 5.69 Å². The summed E-state index contributed by atoms with van der Waals surface area (Å²) in [7, 11) is 0. The molecule has 2 aromatic rings. The number of hydrogen-bond donors (Lipinski definition) is 1. The third-order valence-corrected chi connectivity index (χ3v) is 7.69. The smallest absolute Gasteiger partial charge is 0.161 e. The molecule has 0 unspecified atom stereocenters. The van der Waals surface area contributed by atoms with E-state index >= 15 is 0 Å². The summed E-state index contributed by atoms with van der Waals surface area (Å²) in [6.45, 7) is 8.56. The van der Waals surface area contributed by atoms with E-state index in [2.05, 4.69) is 55.6 Å². The molecule has 0 amide bonds. The number of fused-ring (bicyclic) bond motifs is 1. The molecule has 4 heteroatoms. The molecule has 2 heterocycles. The van der Waals surface area contributed by atoms with Gasteiger partial charge in [0, 0.05) is 40.0 Å². The fourth-order valence-electron chi connectivity index (χ4n) is 4.22. The highest BCUT2D eigenvalue weighted by atomic mass is 32.1. The number of nitrogens with zero attached hydrogens (tertiary/aromatic N) is 1. The molecule has 0 atom stereocenters. The van der Waals surface area contributed by atoms with Gasteiger partial charge in [0.05, 0.1) is 0 Å². The summed E-state index contributed by atoms with van der Waals surface area (Å²) in [6.07, 6.45) is 3.33. The van der Waals surface area contributed by atoms with Crippen molar-refractivity contribution in [1.82, 2.24) is 0 Å². The second-order valence-electron chi connectivity index (χ2n) is 8.61. The van der Waals surface area contributed by atoms with Gasteiger partial charge in [0.15, 0.2) is 5.78 Å². The topological polar surface area (TPSA) is 20.3 Å². The number of thiophene rings is 1. The molecule has 138 valence electrons. The lowest BCUT2D eigenvalue weighted by Gasteiger charge is -2.40. The van der Waals surface area contributed by atoms with Gasteiger partial charge in [0.2, 0.25) is 0 Å². The maximum absolute atomic E-state index is 12.5. The van der Waals surface area contributed by atoms with Crippen molar-refractivity contribution in [3.05, 3.63) is 40.3 Å². The molecule has 1 aliphatic heterocycles. The summed E-state index contributed by atoms with van der Waals surface area (Å²) in [6, 6.07) is 8.80. The molecule has 1 saturated heterocycles. The number of aryl methyl sites for hydroxylation is 1. The van der Waals surface area contributed by atoms with Crippen molar-refractivity contribution in [3.8, 4) is 10.4 Å². The first-order chi connectivity index (χ1) is 12.4. The standard InChI is InChI=1S/C22H27NOS2/c1-14(24)20-18-10-22(2,3)9-8-19(18)26-21(20)16-4-6-17(7-5-16)23-11-15(12-23)13-25/h4-7,15,25H,8-13H2,1-3H3. The van der Waals surface area contributed by atoms with Crippen molar-refractivity contribution in [2.24, 2.45) is 11.3 Å². The van der Waals surface area contributed by atoms with Crippen LogP contribution in [0.25, 0.3) is 10.4 Å². The molecular weight excluding hydrogens is 358 g/mol. The highest BCUT2D eigenvalue weighted by Crippen LogP contribution is 2.45. The van der Waals surface area contributed by atoms with Crippen LogP contribution in [0.15, 0.2) is 24.3 Å². The van der Waals surface area contributed by atoms with E-state index in [-0.39, 0.29) is 5.78 Å². The quantitative estimate of drug-likeness (QED) is 0.554. The van der Waals surface area contributed by atoms with E-state index in [1.54, 1.807) is 6.92 Å². The van der Waals surface area contributed by atoms with Gasteiger partial charge in [-0.1, -0.05) is 26.0 Å². The van der Waals surface area contributed by atoms with E-state index in [4.69, 9.17) is 0 Å². The molecule has 0 spiro atoms. The number of carbonyl (C=O) groups excluding carboxylic acids is 1. The minimum atomic E-state index is 0.207.